The molecule has 2 nitrogen and oxygen atoms in total. The summed E-state index contributed by atoms with van der Waals surface area (Å²) in [7, 11) is 0. The lowest BCUT2D eigenvalue weighted by Gasteiger charge is -2.16. The van der Waals surface area contributed by atoms with Gasteiger partial charge in [-0.15, -0.1) is 0 Å². The molecule has 0 bridgehead atoms. The first-order valence-electron chi connectivity index (χ1n) is 4.75. The fourth-order valence-electron chi connectivity index (χ4n) is 1.78. The first-order valence-corrected chi connectivity index (χ1v) is 4.75. The van der Waals surface area contributed by atoms with Crippen molar-refractivity contribution in [1.29, 1.82) is 0 Å². The summed E-state index contributed by atoms with van der Waals surface area (Å²) in [5, 5.41) is 0. The van der Waals surface area contributed by atoms with Crippen LogP contribution in [0.2, 0.25) is 0 Å². The van der Waals surface area contributed by atoms with E-state index in [1.807, 2.05) is 19.9 Å². The van der Waals surface area contributed by atoms with Gasteiger partial charge in [0.1, 0.15) is 0 Å². The molecule has 0 aliphatic rings. The maximum absolute atomic E-state index is 10.7. The predicted octanol–water partition coefficient (Wildman–Crippen LogP) is 2.89. The van der Waals surface area contributed by atoms with Crippen molar-refractivity contribution in [3.8, 4) is 0 Å². The molecule has 0 fully saturated rings. The van der Waals surface area contributed by atoms with Crippen LogP contribution in [-0.4, -0.2) is 10.9 Å². The van der Waals surface area contributed by atoms with E-state index < -0.39 is 0 Å². The summed E-state index contributed by atoms with van der Waals surface area (Å²) in [6.07, 6.45) is 2.02. The van der Waals surface area contributed by atoms with Crippen molar-refractivity contribution in [2.45, 2.75) is 40.2 Å². The Morgan fingerprint density at radius 1 is 1.54 bits per heavy atom. The molecule has 0 amide bonds. The quantitative estimate of drug-likeness (QED) is 0.654. The minimum atomic E-state index is 0.480. The zero-order valence-corrected chi connectivity index (χ0v) is 8.79. The summed E-state index contributed by atoms with van der Waals surface area (Å²) in [5.74, 6) is 0. The van der Waals surface area contributed by atoms with E-state index in [2.05, 4.69) is 18.4 Å². The average Bonchev–Trinajstić information content (AvgIpc) is 2.40. The third kappa shape index (κ3) is 1.67. The van der Waals surface area contributed by atoms with Crippen LogP contribution in [0.25, 0.3) is 0 Å². The van der Waals surface area contributed by atoms with Crippen LogP contribution in [-0.2, 0) is 0 Å². The number of aromatic nitrogens is 1. The summed E-state index contributed by atoms with van der Waals surface area (Å²) in [4.78, 5) is 10.7. The highest BCUT2D eigenvalue weighted by Crippen LogP contribution is 2.20. The minimum Gasteiger partial charge on any atom is -0.346 e. The van der Waals surface area contributed by atoms with Gasteiger partial charge in [-0.1, -0.05) is 6.92 Å². The van der Waals surface area contributed by atoms with E-state index in [9.17, 15) is 4.79 Å². The average molecular weight is 179 g/mol. The normalized spacial score (nSPS) is 12.9. The molecule has 0 spiro atoms. The Labute approximate surface area is 79.6 Å². The zero-order chi connectivity index (χ0) is 10.0. The fourth-order valence-corrected chi connectivity index (χ4v) is 1.78. The lowest BCUT2D eigenvalue weighted by Crippen LogP contribution is -2.07. The number of aldehydes is 1. The molecule has 0 N–H and O–H groups in total. The fraction of sp³-hybridized carbons (Fsp3) is 0.545. The van der Waals surface area contributed by atoms with Crippen LogP contribution in [0.15, 0.2) is 6.07 Å². The summed E-state index contributed by atoms with van der Waals surface area (Å²) in [6, 6.07) is 2.43. The first kappa shape index (κ1) is 10.0. The number of aryl methyl sites for hydroxylation is 1. The number of carbonyl (C=O) groups excluding carboxylic acids is 1. The van der Waals surface area contributed by atoms with Gasteiger partial charge in [0.25, 0.3) is 0 Å². The van der Waals surface area contributed by atoms with Crippen molar-refractivity contribution in [2.75, 3.05) is 0 Å². The largest absolute Gasteiger partial charge is 0.346 e. The molecule has 72 valence electrons. The Balaban J connectivity index is 3.19. The topological polar surface area (TPSA) is 22.0 Å². The van der Waals surface area contributed by atoms with Crippen LogP contribution in [0.3, 0.4) is 0 Å². The SMILES string of the molecule is CCC(C)n1c(C)cc(C=O)c1C. The van der Waals surface area contributed by atoms with Gasteiger partial charge < -0.3 is 4.57 Å². The lowest BCUT2D eigenvalue weighted by molar-refractivity contribution is 0.112. The van der Waals surface area contributed by atoms with Crippen molar-refractivity contribution in [1.82, 2.24) is 4.57 Å². The Bertz CT molecular complexity index is 312. The second-order valence-electron chi connectivity index (χ2n) is 3.57. The molecule has 0 aliphatic carbocycles. The van der Waals surface area contributed by atoms with Gasteiger partial charge in [0.15, 0.2) is 6.29 Å². The van der Waals surface area contributed by atoms with E-state index in [-0.39, 0.29) is 0 Å². The smallest absolute Gasteiger partial charge is 0.151 e. The third-order valence-corrected chi connectivity index (χ3v) is 2.68. The van der Waals surface area contributed by atoms with E-state index >= 15 is 0 Å². The number of nitrogens with zero attached hydrogens (tertiary/aromatic N) is 1. The molecule has 1 atom stereocenters. The summed E-state index contributed by atoms with van der Waals surface area (Å²) in [5.41, 5.74) is 3.08. The van der Waals surface area contributed by atoms with Gasteiger partial charge in [0.05, 0.1) is 0 Å². The van der Waals surface area contributed by atoms with Crippen LogP contribution in [0, 0.1) is 13.8 Å². The molecule has 0 saturated heterocycles. The molecular weight excluding hydrogens is 162 g/mol. The van der Waals surface area contributed by atoms with E-state index in [1.54, 1.807) is 0 Å². The van der Waals surface area contributed by atoms with Crippen molar-refractivity contribution in [3.05, 3.63) is 23.0 Å². The van der Waals surface area contributed by atoms with Gasteiger partial charge in [-0.05, 0) is 33.3 Å². The third-order valence-electron chi connectivity index (χ3n) is 2.68. The summed E-state index contributed by atoms with van der Waals surface area (Å²) in [6.45, 7) is 8.38. The molecule has 0 saturated carbocycles. The van der Waals surface area contributed by atoms with Crippen LogP contribution in [0.5, 0.6) is 0 Å². The minimum absolute atomic E-state index is 0.480. The van der Waals surface area contributed by atoms with E-state index in [0.29, 0.717) is 6.04 Å². The van der Waals surface area contributed by atoms with Gasteiger partial charge in [0, 0.05) is 23.0 Å². The Hall–Kier alpha value is -1.05. The monoisotopic (exact) mass is 179 g/mol. The summed E-state index contributed by atoms with van der Waals surface area (Å²) < 4.78 is 2.23. The zero-order valence-electron chi connectivity index (χ0n) is 8.79. The summed E-state index contributed by atoms with van der Waals surface area (Å²) >= 11 is 0. The highest BCUT2D eigenvalue weighted by molar-refractivity contribution is 5.77. The molecule has 2 heteroatoms. The Morgan fingerprint density at radius 2 is 2.15 bits per heavy atom. The van der Waals surface area contributed by atoms with Gasteiger partial charge in [-0.25, -0.2) is 0 Å². The maximum atomic E-state index is 10.7. The van der Waals surface area contributed by atoms with E-state index in [0.717, 1.165) is 24.0 Å². The predicted molar refractivity (Wildman–Crippen MR) is 54.3 cm³/mol. The van der Waals surface area contributed by atoms with Crippen molar-refractivity contribution in [2.24, 2.45) is 0 Å². The lowest BCUT2D eigenvalue weighted by atomic mass is 10.2. The molecule has 0 radical (unpaired) electrons. The first-order chi connectivity index (χ1) is 6.11. The van der Waals surface area contributed by atoms with Crippen LogP contribution in [0.1, 0.15) is 48.1 Å². The highest BCUT2D eigenvalue weighted by Gasteiger charge is 2.11. The van der Waals surface area contributed by atoms with Gasteiger partial charge in [-0.2, -0.15) is 0 Å². The van der Waals surface area contributed by atoms with E-state index in [1.165, 1.54) is 5.69 Å². The van der Waals surface area contributed by atoms with E-state index in [4.69, 9.17) is 0 Å². The molecule has 13 heavy (non-hydrogen) atoms. The molecule has 0 aliphatic heterocycles. The molecule has 1 aromatic heterocycles. The van der Waals surface area contributed by atoms with Gasteiger partial charge in [0.2, 0.25) is 0 Å². The molecule has 1 rings (SSSR count). The number of hydrogen-bond acceptors (Lipinski definition) is 1. The molecular formula is C11H17NO. The Morgan fingerprint density at radius 3 is 2.54 bits per heavy atom. The Kier molecular flexibility index (Phi) is 2.91. The van der Waals surface area contributed by atoms with Crippen LogP contribution in [0.4, 0.5) is 0 Å². The highest BCUT2D eigenvalue weighted by atomic mass is 16.1. The number of rotatable bonds is 3. The molecule has 0 aromatic carbocycles. The second kappa shape index (κ2) is 3.77. The second-order valence-corrected chi connectivity index (χ2v) is 3.57. The van der Waals surface area contributed by atoms with Crippen molar-refractivity contribution in [3.63, 3.8) is 0 Å². The van der Waals surface area contributed by atoms with Crippen LogP contribution >= 0.6 is 0 Å². The van der Waals surface area contributed by atoms with Gasteiger partial charge in [-0.3, -0.25) is 4.79 Å². The molecule has 1 unspecified atom stereocenters. The maximum Gasteiger partial charge on any atom is 0.151 e. The standard InChI is InChI=1S/C11H17NO/c1-5-8(2)12-9(3)6-11(7-13)10(12)4/h6-8H,5H2,1-4H3. The molecule has 1 aromatic rings. The van der Waals surface area contributed by atoms with Crippen LogP contribution < -0.4 is 0 Å². The molecule has 1 heterocycles. The van der Waals surface area contributed by atoms with Crippen molar-refractivity contribution >= 4 is 6.29 Å². The van der Waals surface area contributed by atoms with Crippen molar-refractivity contribution < 1.29 is 4.79 Å². The number of hydrogen-bond donors (Lipinski definition) is 0. The van der Waals surface area contributed by atoms with Gasteiger partial charge >= 0.3 is 0 Å². The number of carbonyl (C=O) groups is 1.